The van der Waals surface area contributed by atoms with Gasteiger partial charge in [0, 0.05) is 43.1 Å². The van der Waals surface area contributed by atoms with E-state index in [1.54, 1.807) is 24.0 Å². The van der Waals surface area contributed by atoms with Crippen LogP contribution in [0, 0.1) is 19.3 Å². The van der Waals surface area contributed by atoms with Crippen molar-refractivity contribution in [2.45, 2.75) is 13.1 Å². The maximum Gasteiger partial charge on any atom is 0.416 e. The first-order valence-electron chi connectivity index (χ1n) is 11.0. The summed E-state index contributed by atoms with van der Waals surface area (Å²) in [6.45, 7) is 7.52. The number of guanidine groups is 1. The van der Waals surface area contributed by atoms with Gasteiger partial charge in [0.15, 0.2) is 0 Å². The van der Waals surface area contributed by atoms with Crippen LogP contribution in [0.15, 0.2) is 71.7 Å². The van der Waals surface area contributed by atoms with E-state index in [0.717, 1.165) is 23.5 Å². The molecule has 0 bridgehead atoms. The van der Waals surface area contributed by atoms with E-state index in [1.165, 1.54) is 12.1 Å². The number of piperazine rings is 1. The van der Waals surface area contributed by atoms with Crippen LogP contribution in [0.1, 0.15) is 16.7 Å². The number of fused-ring (bicyclic) bond motifs is 1. The molecule has 0 saturated carbocycles. The van der Waals surface area contributed by atoms with Crippen molar-refractivity contribution in [2.75, 3.05) is 36.0 Å². The van der Waals surface area contributed by atoms with Gasteiger partial charge in [-0.1, -0.05) is 24.3 Å². The molecule has 2 radical (unpaired) electrons. The molecule has 0 amide bonds. The zero-order valence-electron chi connectivity index (χ0n) is 18.5. The summed E-state index contributed by atoms with van der Waals surface area (Å²) >= 11 is 0. The molecule has 5 rings (SSSR count). The van der Waals surface area contributed by atoms with Gasteiger partial charge in [-0.15, -0.1) is 0 Å². The fourth-order valence-electron chi connectivity index (χ4n) is 4.20. The molecule has 1 saturated heterocycles. The second-order valence-electron chi connectivity index (χ2n) is 8.33. The quantitative estimate of drug-likeness (QED) is 0.441. The SMILES string of the molecule is Cc1cc(N2CCN(C3=Nc4ccccc4[C]N3c3cccc(C(F)(F)F)c3)CC2)ccc1F. The predicted octanol–water partition coefficient (Wildman–Crippen LogP) is 5.87. The van der Waals surface area contributed by atoms with E-state index in [1.807, 2.05) is 30.3 Å². The summed E-state index contributed by atoms with van der Waals surface area (Å²) < 4.78 is 53.8. The highest BCUT2D eigenvalue weighted by Gasteiger charge is 2.33. The van der Waals surface area contributed by atoms with E-state index in [9.17, 15) is 17.6 Å². The number of rotatable bonds is 2. The second-order valence-corrected chi connectivity index (χ2v) is 8.33. The lowest BCUT2D eigenvalue weighted by Gasteiger charge is -2.42. The Kier molecular flexibility index (Phi) is 5.67. The van der Waals surface area contributed by atoms with Crippen LogP contribution in [0.2, 0.25) is 0 Å². The lowest BCUT2D eigenvalue weighted by Crippen LogP contribution is -2.54. The van der Waals surface area contributed by atoms with Crippen LogP contribution in [0.3, 0.4) is 0 Å². The number of para-hydroxylation sites is 1. The van der Waals surface area contributed by atoms with Crippen LogP contribution in [-0.2, 0) is 6.18 Å². The highest BCUT2D eigenvalue weighted by atomic mass is 19.4. The van der Waals surface area contributed by atoms with Crippen LogP contribution in [0.25, 0.3) is 0 Å². The summed E-state index contributed by atoms with van der Waals surface area (Å²) in [6.07, 6.45) is -4.44. The van der Waals surface area contributed by atoms with E-state index in [2.05, 4.69) is 16.3 Å². The molecule has 174 valence electrons. The van der Waals surface area contributed by atoms with Gasteiger partial charge < -0.3 is 9.80 Å². The van der Waals surface area contributed by atoms with Crippen LogP contribution >= 0.6 is 0 Å². The maximum absolute atomic E-state index is 13.7. The molecular weight excluding hydrogens is 444 g/mol. The average molecular weight is 466 g/mol. The van der Waals surface area contributed by atoms with E-state index in [0.29, 0.717) is 49.0 Å². The molecule has 0 unspecified atom stereocenters. The number of hydrogen-bond acceptors (Lipinski definition) is 4. The highest BCUT2D eigenvalue weighted by molar-refractivity contribution is 6.01. The summed E-state index contributed by atoms with van der Waals surface area (Å²) in [5, 5.41) is 0. The maximum atomic E-state index is 13.7. The van der Waals surface area contributed by atoms with Crippen molar-refractivity contribution < 1.29 is 17.6 Å². The van der Waals surface area contributed by atoms with Gasteiger partial charge in [-0.2, -0.15) is 13.2 Å². The number of hydrogen-bond donors (Lipinski definition) is 0. The Bertz CT molecular complexity index is 1230. The predicted molar refractivity (Wildman–Crippen MR) is 125 cm³/mol. The molecule has 2 heterocycles. The van der Waals surface area contributed by atoms with Crippen molar-refractivity contribution in [3.8, 4) is 0 Å². The van der Waals surface area contributed by atoms with Crippen LogP contribution in [0.5, 0.6) is 0 Å². The summed E-state index contributed by atoms with van der Waals surface area (Å²) in [7, 11) is 0. The number of aryl methyl sites for hydroxylation is 1. The van der Waals surface area contributed by atoms with Gasteiger partial charge in [-0.05, 0) is 55.0 Å². The number of alkyl halides is 3. The topological polar surface area (TPSA) is 22.1 Å². The molecule has 3 aromatic rings. The Labute approximate surface area is 195 Å². The Morgan fingerprint density at radius 1 is 0.824 bits per heavy atom. The molecule has 2 aliphatic heterocycles. The van der Waals surface area contributed by atoms with Gasteiger partial charge in [-0.25, -0.2) is 9.38 Å². The third-order valence-corrected chi connectivity index (χ3v) is 6.06. The molecule has 8 heteroatoms. The Morgan fingerprint density at radius 2 is 1.56 bits per heavy atom. The molecule has 0 spiro atoms. The molecule has 3 aromatic carbocycles. The van der Waals surface area contributed by atoms with Gasteiger partial charge in [0.2, 0.25) is 5.96 Å². The molecule has 34 heavy (non-hydrogen) atoms. The molecule has 4 nitrogen and oxygen atoms in total. The van der Waals surface area contributed by atoms with Gasteiger partial charge in [-0.3, -0.25) is 4.90 Å². The normalized spacial score (nSPS) is 16.4. The fraction of sp³-hybridized carbons (Fsp3) is 0.231. The number of aliphatic imine (C=N–C) groups is 1. The lowest BCUT2D eigenvalue weighted by atomic mass is 10.1. The van der Waals surface area contributed by atoms with E-state index < -0.39 is 11.7 Å². The smallest absolute Gasteiger partial charge is 0.368 e. The number of nitrogens with zero attached hydrogens (tertiary/aromatic N) is 4. The lowest BCUT2D eigenvalue weighted by molar-refractivity contribution is -0.137. The van der Waals surface area contributed by atoms with Crippen molar-refractivity contribution in [3.63, 3.8) is 0 Å². The minimum Gasteiger partial charge on any atom is -0.368 e. The van der Waals surface area contributed by atoms with E-state index in [4.69, 9.17) is 4.99 Å². The number of benzene rings is 3. The zero-order valence-corrected chi connectivity index (χ0v) is 18.5. The molecule has 2 aliphatic rings. The zero-order chi connectivity index (χ0) is 23.9. The second kappa shape index (κ2) is 8.66. The average Bonchev–Trinajstić information content (AvgIpc) is 2.84. The first kappa shape index (κ1) is 22.3. The number of anilines is 2. The fourth-order valence-corrected chi connectivity index (χ4v) is 4.20. The summed E-state index contributed by atoms with van der Waals surface area (Å²) in [4.78, 5) is 10.6. The summed E-state index contributed by atoms with van der Waals surface area (Å²) in [5.74, 6) is 0.299. The van der Waals surface area contributed by atoms with Crippen LogP contribution in [-0.4, -0.2) is 37.0 Å². The van der Waals surface area contributed by atoms with Crippen molar-refractivity contribution in [3.05, 3.63) is 95.8 Å². The minimum atomic E-state index is -4.44. The molecular formula is C26H22F4N4. The summed E-state index contributed by atoms with van der Waals surface area (Å²) in [6, 6.07) is 17.7. The monoisotopic (exact) mass is 466 g/mol. The van der Waals surface area contributed by atoms with Gasteiger partial charge in [0.05, 0.1) is 11.3 Å². The minimum absolute atomic E-state index is 0.236. The van der Waals surface area contributed by atoms with Gasteiger partial charge >= 0.3 is 6.18 Å². The van der Waals surface area contributed by atoms with Gasteiger partial charge in [0.25, 0.3) is 0 Å². The standard InChI is InChI=1S/C26H22F4N4/c1-18-15-21(9-10-23(18)27)32-11-13-33(14-12-32)25-31-24-8-3-2-5-19(24)17-34(25)22-7-4-6-20(16-22)26(28,29)30/h2-10,15-16H,11-14H2,1H3. The molecule has 1 fully saturated rings. The first-order chi connectivity index (χ1) is 16.3. The molecule has 0 N–H and O–H groups in total. The highest BCUT2D eigenvalue weighted by Crippen LogP contribution is 2.36. The Morgan fingerprint density at radius 3 is 2.29 bits per heavy atom. The van der Waals surface area contributed by atoms with Crippen molar-refractivity contribution in [2.24, 2.45) is 4.99 Å². The third kappa shape index (κ3) is 4.32. The molecule has 0 aliphatic carbocycles. The van der Waals surface area contributed by atoms with Crippen molar-refractivity contribution in [1.82, 2.24) is 4.90 Å². The third-order valence-electron chi connectivity index (χ3n) is 6.06. The molecule has 0 aromatic heterocycles. The van der Waals surface area contributed by atoms with Crippen molar-refractivity contribution >= 4 is 23.0 Å². The van der Waals surface area contributed by atoms with Gasteiger partial charge in [0.1, 0.15) is 12.4 Å². The van der Waals surface area contributed by atoms with E-state index in [-0.39, 0.29) is 5.82 Å². The first-order valence-corrected chi connectivity index (χ1v) is 11.0. The van der Waals surface area contributed by atoms with Crippen LogP contribution < -0.4 is 9.80 Å². The Balaban J connectivity index is 1.43. The Hall–Kier alpha value is -3.55. The largest absolute Gasteiger partial charge is 0.416 e. The van der Waals surface area contributed by atoms with Crippen molar-refractivity contribution in [1.29, 1.82) is 0 Å². The van der Waals surface area contributed by atoms with E-state index >= 15 is 0 Å². The summed E-state index contributed by atoms with van der Waals surface area (Å²) in [5.41, 5.74) is 2.60. The molecule has 0 atom stereocenters. The number of halogens is 4. The van der Waals surface area contributed by atoms with Crippen LogP contribution in [0.4, 0.5) is 34.6 Å².